The molecule has 0 radical (unpaired) electrons. The summed E-state index contributed by atoms with van der Waals surface area (Å²) in [5.74, 6) is 1.13. The van der Waals surface area contributed by atoms with Gasteiger partial charge in [-0.05, 0) is 56.8 Å². The predicted molar refractivity (Wildman–Crippen MR) is 97.1 cm³/mol. The molecule has 1 aliphatic rings. The van der Waals surface area contributed by atoms with Crippen molar-refractivity contribution >= 4 is 49.9 Å². The van der Waals surface area contributed by atoms with Crippen LogP contribution in [0, 0.1) is 0 Å². The summed E-state index contributed by atoms with van der Waals surface area (Å²) in [4.78, 5) is 14.2. The number of hydrogen-bond acceptors (Lipinski definition) is 4. The van der Waals surface area contributed by atoms with E-state index < -0.39 is 0 Å². The van der Waals surface area contributed by atoms with Crippen LogP contribution in [0.5, 0.6) is 0 Å². The maximum atomic E-state index is 12.0. The fourth-order valence-corrected chi connectivity index (χ4v) is 3.46. The molecule has 2 heterocycles. The molecular formula is C16H15Br2N3O2. The predicted octanol–water partition coefficient (Wildman–Crippen LogP) is 4.17. The van der Waals surface area contributed by atoms with Crippen molar-refractivity contribution in [3.05, 3.63) is 50.6 Å². The van der Waals surface area contributed by atoms with Gasteiger partial charge in [0.15, 0.2) is 5.76 Å². The Morgan fingerprint density at radius 1 is 1.22 bits per heavy atom. The lowest BCUT2D eigenvalue weighted by Crippen LogP contribution is -2.18. The Kier molecular flexibility index (Phi) is 5.17. The van der Waals surface area contributed by atoms with Crippen LogP contribution in [-0.2, 0) is 0 Å². The number of nitrogens with one attached hydrogen (secondary N) is 1. The summed E-state index contributed by atoms with van der Waals surface area (Å²) in [6.07, 6.45) is 3.86. The molecule has 0 aliphatic carbocycles. The maximum absolute atomic E-state index is 12.0. The fraction of sp³-hybridized carbons (Fsp3) is 0.250. The van der Waals surface area contributed by atoms with Crippen molar-refractivity contribution in [2.24, 2.45) is 5.10 Å². The molecule has 0 unspecified atom stereocenters. The van der Waals surface area contributed by atoms with E-state index >= 15 is 0 Å². The van der Waals surface area contributed by atoms with E-state index in [-0.39, 0.29) is 5.91 Å². The third-order valence-electron chi connectivity index (χ3n) is 3.56. The van der Waals surface area contributed by atoms with Crippen molar-refractivity contribution in [3.8, 4) is 0 Å². The van der Waals surface area contributed by atoms with E-state index in [2.05, 4.69) is 47.3 Å². The molecule has 1 aromatic carbocycles. The largest absolute Gasteiger partial charge is 0.438 e. The minimum atomic E-state index is -0.279. The van der Waals surface area contributed by atoms with Gasteiger partial charge in [-0.1, -0.05) is 12.1 Å². The number of carbonyl (C=O) groups is 1. The molecule has 0 saturated carbocycles. The molecule has 1 fully saturated rings. The molecular weight excluding hydrogens is 426 g/mol. The Morgan fingerprint density at radius 2 is 1.96 bits per heavy atom. The Bertz CT molecular complexity index is 737. The Labute approximate surface area is 151 Å². The molecule has 120 valence electrons. The quantitative estimate of drug-likeness (QED) is 0.573. The van der Waals surface area contributed by atoms with Crippen LogP contribution in [-0.4, -0.2) is 25.2 Å². The van der Waals surface area contributed by atoms with Gasteiger partial charge in [-0.25, -0.2) is 5.43 Å². The molecule has 23 heavy (non-hydrogen) atoms. The number of hydrazone groups is 1. The van der Waals surface area contributed by atoms with Crippen molar-refractivity contribution in [2.75, 3.05) is 18.0 Å². The van der Waals surface area contributed by atoms with Crippen molar-refractivity contribution < 1.29 is 9.21 Å². The highest BCUT2D eigenvalue weighted by molar-refractivity contribution is 9.11. The highest BCUT2D eigenvalue weighted by Crippen LogP contribution is 2.31. The minimum absolute atomic E-state index is 0.279. The molecule has 1 N–H and O–H groups in total. The molecule has 1 saturated heterocycles. The van der Waals surface area contributed by atoms with Crippen LogP contribution in [0.4, 0.5) is 5.88 Å². The molecule has 0 spiro atoms. The first-order chi connectivity index (χ1) is 11.1. The Hall–Kier alpha value is -1.60. The monoisotopic (exact) mass is 439 g/mol. The van der Waals surface area contributed by atoms with Gasteiger partial charge in [0.05, 0.1) is 16.3 Å². The third kappa shape index (κ3) is 3.84. The molecule has 3 rings (SSSR count). The van der Waals surface area contributed by atoms with Crippen LogP contribution in [0.1, 0.15) is 29.0 Å². The summed E-state index contributed by atoms with van der Waals surface area (Å²) in [7, 11) is 0. The van der Waals surface area contributed by atoms with Crippen molar-refractivity contribution in [1.82, 2.24) is 5.43 Å². The number of halogens is 2. The first-order valence-electron chi connectivity index (χ1n) is 7.27. The van der Waals surface area contributed by atoms with Crippen LogP contribution < -0.4 is 10.3 Å². The minimum Gasteiger partial charge on any atom is -0.438 e. The summed E-state index contributed by atoms with van der Waals surface area (Å²) in [6.45, 7) is 2.00. The van der Waals surface area contributed by atoms with E-state index in [4.69, 9.17) is 4.42 Å². The van der Waals surface area contributed by atoms with Gasteiger partial charge in [-0.3, -0.25) is 4.79 Å². The number of furan rings is 1. The summed E-state index contributed by atoms with van der Waals surface area (Å²) in [5.41, 5.74) is 3.03. The molecule has 1 aromatic heterocycles. The molecule has 7 heteroatoms. The third-order valence-corrected chi connectivity index (χ3v) is 4.82. The maximum Gasteiger partial charge on any atom is 0.272 e. The fourth-order valence-electron chi connectivity index (χ4n) is 2.44. The Morgan fingerprint density at radius 3 is 2.70 bits per heavy atom. The van der Waals surface area contributed by atoms with Crippen LogP contribution >= 0.6 is 31.9 Å². The van der Waals surface area contributed by atoms with Gasteiger partial charge in [0.2, 0.25) is 5.88 Å². The topological polar surface area (TPSA) is 57.8 Å². The molecule has 5 nitrogen and oxygen atoms in total. The zero-order valence-electron chi connectivity index (χ0n) is 12.3. The number of rotatable bonds is 4. The van der Waals surface area contributed by atoms with Gasteiger partial charge < -0.3 is 9.32 Å². The Balaban J connectivity index is 1.65. The van der Waals surface area contributed by atoms with E-state index in [0.717, 1.165) is 27.9 Å². The summed E-state index contributed by atoms with van der Waals surface area (Å²) in [5, 5.41) is 3.96. The molecule has 0 atom stereocenters. The molecule has 1 aliphatic heterocycles. The number of anilines is 1. The number of amides is 1. The van der Waals surface area contributed by atoms with Gasteiger partial charge in [0.25, 0.3) is 5.91 Å². The van der Waals surface area contributed by atoms with Gasteiger partial charge in [-0.2, -0.15) is 5.10 Å². The van der Waals surface area contributed by atoms with Crippen LogP contribution in [0.2, 0.25) is 0 Å². The SMILES string of the molecule is O=C(N/N=C\c1cc(Br)c(N2CCCC2)o1)c1ccccc1Br. The first-order valence-corrected chi connectivity index (χ1v) is 8.86. The van der Waals surface area contributed by atoms with Crippen molar-refractivity contribution in [2.45, 2.75) is 12.8 Å². The zero-order valence-corrected chi connectivity index (χ0v) is 15.4. The lowest BCUT2D eigenvalue weighted by Gasteiger charge is -2.13. The highest BCUT2D eigenvalue weighted by atomic mass is 79.9. The second-order valence-corrected chi connectivity index (χ2v) is 6.88. The second-order valence-electron chi connectivity index (χ2n) is 5.17. The zero-order chi connectivity index (χ0) is 16.2. The summed E-state index contributed by atoms with van der Waals surface area (Å²) < 4.78 is 7.41. The van der Waals surface area contributed by atoms with Gasteiger partial charge in [-0.15, -0.1) is 0 Å². The molecule has 0 bridgehead atoms. The van der Waals surface area contributed by atoms with Crippen LogP contribution in [0.3, 0.4) is 0 Å². The van der Waals surface area contributed by atoms with E-state index in [1.54, 1.807) is 12.1 Å². The van der Waals surface area contributed by atoms with Crippen molar-refractivity contribution in [3.63, 3.8) is 0 Å². The van der Waals surface area contributed by atoms with Crippen molar-refractivity contribution in [1.29, 1.82) is 0 Å². The highest BCUT2D eigenvalue weighted by Gasteiger charge is 2.19. The molecule has 1 amide bonds. The van der Waals surface area contributed by atoms with Crippen LogP contribution in [0.25, 0.3) is 0 Å². The second kappa shape index (κ2) is 7.31. The smallest absolute Gasteiger partial charge is 0.272 e. The first kappa shape index (κ1) is 16.3. The standard InChI is InChI=1S/C16H15Br2N3O2/c17-13-6-2-1-5-12(13)15(22)20-19-10-11-9-14(18)16(23-11)21-7-3-4-8-21/h1-2,5-6,9-10H,3-4,7-8H2,(H,20,22)/b19-10-. The number of nitrogens with zero attached hydrogens (tertiary/aromatic N) is 2. The van der Waals surface area contributed by atoms with E-state index in [1.165, 1.54) is 19.1 Å². The van der Waals surface area contributed by atoms with E-state index in [1.807, 2.05) is 18.2 Å². The number of hydrogen-bond donors (Lipinski definition) is 1. The molecule has 2 aromatic rings. The number of benzene rings is 1. The average molecular weight is 441 g/mol. The van der Waals surface area contributed by atoms with E-state index in [9.17, 15) is 4.79 Å². The lowest BCUT2D eigenvalue weighted by molar-refractivity contribution is 0.0954. The van der Waals surface area contributed by atoms with Gasteiger partial charge >= 0.3 is 0 Å². The van der Waals surface area contributed by atoms with Crippen LogP contribution in [0.15, 0.2) is 48.8 Å². The summed E-state index contributed by atoms with van der Waals surface area (Å²) >= 11 is 6.84. The number of carbonyl (C=O) groups excluding carboxylic acids is 1. The van der Waals surface area contributed by atoms with E-state index in [0.29, 0.717) is 11.3 Å². The normalized spacial score (nSPS) is 14.6. The van der Waals surface area contributed by atoms with Gasteiger partial charge in [0, 0.05) is 23.6 Å². The lowest BCUT2D eigenvalue weighted by atomic mass is 10.2. The average Bonchev–Trinajstić information content (AvgIpc) is 3.17. The summed E-state index contributed by atoms with van der Waals surface area (Å²) in [6, 6.07) is 9.04. The van der Waals surface area contributed by atoms with Gasteiger partial charge in [0.1, 0.15) is 0 Å².